The minimum Gasteiger partial charge on any atom is -0.298 e. The van der Waals surface area contributed by atoms with E-state index in [0.717, 1.165) is 24.8 Å². The van der Waals surface area contributed by atoms with E-state index in [1.54, 1.807) is 11.8 Å². The molecule has 1 aromatic rings. The summed E-state index contributed by atoms with van der Waals surface area (Å²) in [4.78, 5) is 12.0. The average molecular weight is 399 g/mol. The number of carbonyl (C=O) groups is 1. The predicted molar refractivity (Wildman–Crippen MR) is 77.9 cm³/mol. The number of benzene rings is 1. The molecule has 1 nitrogen and oxygen atoms in total. The summed E-state index contributed by atoms with van der Waals surface area (Å²) >= 11 is 7.51. The number of carbonyl (C=O) groups excluding carboxylic acids is 1. The molecule has 1 rings (SSSR count). The Kier molecular flexibility index (Phi) is 4.67. The maximum absolute atomic E-state index is 10.9. The smallest absolute Gasteiger partial charge is 0.151 e. The highest BCUT2D eigenvalue weighted by Crippen LogP contribution is 2.40. The summed E-state index contributed by atoms with van der Waals surface area (Å²) in [6.07, 6.45) is 0.912. The molecular formula is C11H12BrIOS. The number of hydrogen-bond acceptors (Lipinski definition) is 2. The fourth-order valence-corrected chi connectivity index (χ4v) is 3.33. The SMILES string of the molecule is CC(C)(C)Sc1c(C=O)ccc(I)c1Br. The molecule has 0 N–H and O–H groups in total. The molecular weight excluding hydrogens is 387 g/mol. The van der Waals surface area contributed by atoms with E-state index in [-0.39, 0.29) is 4.75 Å². The summed E-state index contributed by atoms with van der Waals surface area (Å²) in [6.45, 7) is 6.41. The second-order valence-corrected chi connectivity index (χ2v) is 7.90. The van der Waals surface area contributed by atoms with Gasteiger partial charge in [-0.2, -0.15) is 0 Å². The van der Waals surface area contributed by atoms with Crippen LogP contribution < -0.4 is 0 Å². The number of hydrogen-bond donors (Lipinski definition) is 0. The zero-order valence-corrected chi connectivity index (χ0v) is 13.4. The van der Waals surface area contributed by atoms with Crippen molar-refractivity contribution in [3.8, 4) is 0 Å². The first-order valence-electron chi connectivity index (χ1n) is 4.47. The van der Waals surface area contributed by atoms with Gasteiger partial charge in [0.1, 0.15) is 0 Å². The quantitative estimate of drug-likeness (QED) is 0.406. The lowest BCUT2D eigenvalue weighted by Crippen LogP contribution is -2.08. The van der Waals surface area contributed by atoms with Gasteiger partial charge in [0.05, 0.1) is 0 Å². The summed E-state index contributed by atoms with van der Waals surface area (Å²) in [7, 11) is 0. The van der Waals surface area contributed by atoms with Crippen molar-refractivity contribution < 1.29 is 4.79 Å². The molecule has 0 unspecified atom stereocenters. The molecule has 1 aromatic carbocycles. The molecule has 15 heavy (non-hydrogen) atoms. The summed E-state index contributed by atoms with van der Waals surface area (Å²) in [5.41, 5.74) is 0.752. The van der Waals surface area contributed by atoms with Crippen molar-refractivity contribution in [3.63, 3.8) is 0 Å². The lowest BCUT2D eigenvalue weighted by molar-refractivity contribution is 0.112. The van der Waals surface area contributed by atoms with Crippen molar-refractivity contribution in [1.82, 2.24) is 0 Å². The molecule has 0 fully saturated rings. The number of thioether (sulfide) groups is 1. The van der Waals surface area contributed by atoms with Crippen molar-refractivity contribution in [2.45, 2.75) is 30.4 Å². The van der Waals surface area contributed by atoms with Crippen LogP contribution in [-0.2, 0) is 0 Å². The van der Waals surface area contributed by atoms with Gasteiger partial charge < -0.3 is 0 Å². The van der Waals surface area contributed by atoms with Crippen LogP contribution in [0.2, 0.25) is 0 Å². The maximum atomic E-state index is 10.9. The lowest BCUT2D eigenvalue weighted by atomic mass is 10.2. The standard InChI is InChI=1S/C11H12BrIOS/c1-11(2,3)15-10-7(6-14)4-5-8(13)9(10)12/h4-6H,1-3H3. The van der Waals surface area contributed by atoms with E-state index >= 15 is 0 Å². The Balaban J connectivity index is 3.24. The molecule has 0 atom stereocenters. The van der Waals surface area contributed by atoms with Crippen molar-refractivity contribution in [1.29, 1.82) is 0 Å². The monoisotopic (exact) mass is 398 g/mol. The van der Waals surface area contributed by atoms with Gasteiger partial charge in [0.15, 0.2) is 6.29 Å². The van der Waals surface area contributed by atoms with Gasteiger partial charge in [0, 0.05) is 23.2 Å². The molecule has 0 saturated heterocycles. The van der Waals surface area contributed by atoms with Crippen LogP contribution in [0.25, 0.3) is 0 Å². The van der Waals surface area contributed by atoms with Crippen molar-refractivity contribution >= 4 is 56.6 Å². The Hall–Kier alpha value is 0.450. The van der Waals surface area contributed by atoms with Gasteiger partial charge in [-0.25, -0.2) is 0 Å². The zero-order valence-electron chi connectivity index (χ0n) is 8.80. The van der Waals surface area contributed by atoms with E-state index < -0.39 is 0 Å². The third kappa shape index (κ3) is 3.75. The van der Waals surface area contributed by atoms with Gasteiger partial charge in [-0.15, -0.1) is 11.8 Å². The summed E-state index contributed by atoms with van der Waals surface area (Å²) in [5.74, 6) is 0. The van der Waals surface area contributed by atoms with Gasteiger partial charge in [-0.05, 0) is 50.7 Å². The minimum absolute atomic E-state index is 0.102. The summed E-state index contributed by atoms with van der Waals surface area (Å²) in [6, 6.07) is 3.81. The molecule has 0 aliphatic heterocycles. The first-order chi connectivity index (χ1) is 6.85. The number of rotatable bonds is 2. The topological polar surface area (TPSA) is 17.1 Å². The highest BCUT2D eigenvalue weighted by molar-refractivity contribution is 14.1. The Bertz CT molecular complexity index is 385. The van der Waals surface area contributed by atoms with Crippen LogP contribution in [0.1, 0.15) is 31.1 Å². The van der Waals surface area contributed by atoms with E-state index in [1.807, 2.05) is 12.1 Å². The highest BCUT2D eigenvalue weighted by Gasteiger charge is 2.18. The third-order valence-corrected chi connectivity index (χ3v) is 5.60. The third-order valence-electron chi connectivity index (χ3n) is 1.62. The highest BCUT2D eigenvalue weighted by atomic mass is 127. The van der Waals surface area contributed by atoms with Gasteiger partial charge in [-0.1, -0.05) is 20.8 Å². The maximum Gasteiger partial charge on any atom is 0.151 e. The Morgan fingerprint density at radius 3 is 2.47 bits per heavy atom. The van der Waals surface area contributed by atoms with Crippen molar-refractivity contribution in [2.75, 3.05) is 0 Å². The number of aldehydes is 1. The summed E-state index contributed by atoms with van der Waals surface area (Å²) in [5, 5.41) is 0. The first-order valence-corrected chi connectivity index (χ1v) is 7.16. The molecule has 0 spiro atoms. The van der Waals surface area contributed by atoms with Gasteiger partial charge in [0.25, 0.3) is 0 Å². The van der Waals surface area contributed by atoms with Gasteiger partial charge in [-0.3, -0.25) is 4.79 Å². The van der Waals surface area contributed by atoms with E-state index in [2.05, 4.69) is 59.3 Å². The summed E-state index contributed by atoms with van der Waals surface area (Å²) < 4.78 is 2.25. The molecule has 0 radical (unpaired) electrons. The molecule has 0 aromatic heterocycles. The van der Waals surface area contributed by atoms with Crippen LogP contribution in [0.5, 0.6) is 0 Å². The average Bonchev–Trinajstić information content (AvgIpc) is 2.11. The van der Waals surface area contributed by atoms with Crippen LogP contribution in [-0.4, -0.2) is 11.0 Å². The number of halogens is 2. The van der Waals surface area contributed by atoms with Crippen LogP contribution in [0, 0.1) is 3.57 Å². The normalized spacial score (nSPS) is 11.5. The molecule has 0 bridgehead atoms. The molecule has 0 saturated carbocycles. The Morgan fingerprint density at radius 2 is 2.00 bits per heavy atom. The molecule has 4 heteroatoms. The van der Waals surface area contributed by atoms with Gasteiger partial charge >= 0.3 is 0 Å². The Morgan fingerprint density at radius 1 is 1.40 bits per heavy atom. The minimum atomic E-state index is 0.102. The van der Waals surface area contributed by atoms with E-state index in [1.165, 1.54) is 0 Å². The van der Waals surface area contributed by atoms with Crippen molar-refractivity contribution in [2.24, 2.45) is 0 Å². The second-order valence-electron chi connectivity index (χ2n) is 4.11. The van der Waals surface area contributed by atoms with Crippen LogP contribution in [0.15, 0.2) is 21.5 Å². The van der Waals surface area contributed by atoms with Crippen LogP contribution in [0.3, 0.4) is 0 Å². The molecule has 0 aliphatic carbocycles. The van der Waals surface area contributed by atoms with Crippen molar-refractivity contribution in [3.05, 3.63) is 25.7 Å². The molecule has 0 aliphatic rings. The second kappa shape index (κ2) is 5.19. The van der Waals surface area contributed by atoms with E-state index in [4.69, 9.17) is 0 Å². The fraction of sp³-hybridized carbons (Fsp3) is 0.364. The molecule has 82 valence electrons. The first kappa shape index (κ1) is 13.5. The lowest BCUT2D eigenvalue weighted by Gasteiger charge is -2.20. The largest absolute Gasteiger partial charge is 0.298 e. The Labute approximate surface area is 117 Å². The van der Waals surface area contributed by atoms with Crippen LogP contribution >= 0.6 is 50.3 Å². The zero-order chi connectivity index (χ0) is 11.6. The van der Waals surface area contributed by atoms with E-state index in [0.29, 0.717) is 0 Å². The van der Waals surface area contributed by atoms with Crippen LogP contribution in [0.4, 0.5) is 0 Å². The fourth-order valence-electron chi connectivity index (χ4n) is 1.05. The molecule has 0 amide bonds. The van der Waals surface area contributed by atoms with E-state index in [9.17, 15) is 4.79 Å². The predicted octanol–water partition coefficient (Wildman–Crippen LogP) is 4.76. The molecule has 0 heterocycles. The van der Waals surface area contributed by atoms with Gasteiger partial charge in [0.2, 0.25) is 0 Å².